The Morgan fingerprint density at radius 2 is 2.22 bits per heavy atom. The van der Waals surface area contributed by atoms with E-state index in [9.17, 15) is 8.42 Å². The molecule has 0 spiro atoms. The fourth-order valence-electron chi connectivity index (χ4n) is 2.42. The molecule has 2 atom stereocenters. The first-order valence-corrected chi connectivity index (χ1v) is 8.03. The van der Waals surface area contributed by atoms with Gasteiger partial charge in [0.15, 0.2) is 0 Å². The van der Waals surface area contributed by atoms with Crippen LogP contribution in [0.3, 0.4) is 0 Å². The van der Waals surface area contributed by atoms with Crippen molar-refractivity contribution in [2.75, 3.05) is 12.4 Å². The van der Waals surface area contributed by atoms with Crippen LogP contribution in [0.25, 0.3) is 0 Å². The van der Waals surface area contributed by atoms with Gasteiger partial charge in [-0.1, -0.05) is 6.92 Å². The van der Waals surface area contributed by atoms with E-state index in [1.165, 1.54) is 6.20 Å². The standard InChI is InChI=1S/C11H18ClN3O2S/c1-9-5-10(2)15(7-9)18(16,17)11-6-13-14(8-11)4-3-12/h6,8-10H,3-5,7H2,1-2H3. The molecule has 5 nitrogen and oxygen atoms in total. The second-order valence-electron chi connectivity index (χ2n) is 4.89. The van der Waals surface area contributed by atoms with E-state index in [0.29, 0.717) is 24.9 Å². The zero-order valence-corrected chi connectivity index (χ0v) is 12.2. The fourth-order valence-corrected chi connectivity index (χ4v) is 4.31. The van der Waals surface area contributed by atoms with E-state index in [2.05, 4.69) is 12.0 Å². The molecule has 7 heteroatoms. The van der Waals surface area contributed by atoms with Gasteiger partial charge in [-0.25, -0.2) is 8.42 Å². The molecule has 1 aromatic heterocycles. The van der Waals surface area contributed by atoms with E-state index in [-0.39, 0.29) is 10.9 Å². The molecule has 2 rings (SSSR count). The minimum atomic E-state index is -3.41. The predicted molar refractivity (Wildman–Crippen MR) is 70.1 cm³/mol. The highest BCUT2D eigenvalue weighted by Crippen LogP contribution is 2.28. The number of aromatic nitrogens is 2. The lowest BCUT2D eigenvalue weighted by atomic mass is 10.1. The molecule has 1 aliphatic rings. The maximum absolute atomic E-state index is 12.4. The molecule has 102 valence electrons. The number of alkyl halides is 1. The van der Waals surface area contributed by atoms with E-state index in [1.807, 2.05) is 6.92 Å². The summed E-state index contributed by atoms with van der Waals surface area (Å²) < 4.78 is 28.0. The van der Waals surface area contributed by atoms with Crippen LogP contribution in [0.5, 0.6) is 0 Å². The zero-order chi connectivity index (χ0) is 13.3. The molecule has 0 aromatic carbocycles. The molecular weight excluding hydrogens is 274 g/mol. The summed E-state index contributed by atoms with van der Waals surface area (Å²) in [6, 6.07) is 0.0568. The van der Waals surface area contributed by atoms with Crippen LogP contribution in [-0.4, -0.2) is 41.0 Å². The molecule has 0 bridgehead atoms. The number of aryl methyl sites for hydroxylation is 1. The molecule has 0 radical (unpaired) electrons. The minimum absolute atomic E-state index is 0.0568. The van der Waals surface area contributed by atoms with Gasteiger partial charge in [0.05, 0.1) is 12.7 Å². The van der Waals surface area contributed by atoms with Gasteiger partial charge in [0.25, 0.3) is 0 Å². The van der Waals surface area contributed by atoms with Crippen LogP contribution in [0.1, 0.15) is 20.3 Å². The highest BCUT2D eigenvalue weighted by atomic mass is 35.5. The van der Waals surface area contributed by atoms with Gasteiger partial charge in [-0.05, 0) is 19.3 Å². The number of nitrogens with zero attached hydrogens (tertiary/aromatic N) is 3. The molecule has 2 unspecified atom stereocenters. The molecule has 0 aliphatic carbocycles. The molecule has 0 N–H and O–H groups in total. The fraction of sp³-hybridized carbons (Fsp3) is 0.727. The first kappa shape index (κ1) is 13.8. The molecule has 0 saturated carbocycles. The second-order valence-corrected chi connectivity index (χ2v) is 7.16. The Morgan fingerprint density at radius 1 is 1.50 bits per heavy atom. The van der Waals surface area contributed by atoms with Crippen molar-refractivity contribution in [3.8, 4) is 0 Å². The normalized spacial score (nSPS) is 25.7. The molecule has 1 saturated heterocycles. The van der Waals surface area contributed by atoms with Crippen LogP contribution < -0.4 is 0 Å². The Hall–Kier alpha value is -0.590. The van der Waals surface area contributed by atoms with Gasteiger partial charge < -0.3 is 0 Å². The topological polar surface area (TPSA) is 55.2 Å². The summed E-state index contributed by atoms with van der Waals surface area (Å²) in [5, 5.41) is 4.01. The molecule has 1 fully saturated rings. The van der Waals surface area contributed by atoms with Crippen molar-refractivity contribution in [2.45, 2.75) is 37.8 Å². The Balaban J connectivity index is 2.24. The summed E-state index contributed by atoms with van der Waals surface area (Å²) >= 11 is 5.61. The highest BCUT2D eigenvalue weighted by Gasteiger charge is 2.36. The largest absolute Gasteiger partial charge is 0.270 e. The summed E-state index contributed by atoms with van der Waals surface area (Å²) in [5.41, 5.74) is 0. The number of rotatable bonds is 4. The molecule has 1 aliphatic heterocycles. The van der Waals surface area contributed by atoms with Crippen molar-refractivity contribution in [3.63, 3.8) is 0 Å². The summed E-state index contributed by atoms with van der Waals surface area (Å²) in [7, 11) is -3.41. The minimum Gasteiger partial charge on any atom is -0.270 e. The maximum atomic E-state index is 12.4. The van der Waals surface area contributed by atoms with Crippen LogP contribution in [0, 0.1) is 5.92 Å². The summed E-state index contributed by atoms with van der Waals surface area (Å²) in [6.45, 7) is 5.13. The van der Waals surface area contributed by atoms with Crippen LogP contribution in [0.4, 0.5) is 0 Å². The predicted octanol–water partition coefficient (Wildman–Crippen LogP) is 1.54. The van der Waals surface area contributed by atoms with Gasteiger partial charge in [-0.15, -0.1) is 11.6 Å². The molecule has 0 amide bonds. The van der Waals surface area contributed by atoms with Gasteiger partial charge in [0.2, 0.25) is 10.0 Å². The smallest absolute Gasteiger partial charge is 0.246 e. The first-order valence-electron chi connectivity index (χ1n) is 6.05. The van der Waals surface area contributed by atoms with Crippen LogP contribution in [-0.2, 0) is 16.6 Å². The number of hydrogen-bond donors (Lipinski definition) is 0. The summed E-state index contributed by atoms with van der Waals surface area (Å²) in [5.74, 6) is 0.825. The van der Waals surface area contributed by atoms with Crippen molar-refractivity contribution >= 4 is 21.6 Å². The Bertz CT molecular complexity index is 514. The lowest BCUT2D eigenvalue weighted by Gasteiger charge is -2.19. The lowest BCUT2D eigenvalue weighted by molar-refractivity contribution is 0.405. The van der Waals surface area contributed by atoms with Crippen molar-refractivity contribution in [2.24, 2.45) is 5.92 Å². The van der Waals surface area contributed by atoms with Crippen molar-refractivity contribution in [1.29, 1.82) is 0 Å². The van der Waals surface area contributed by atoms with Crippen molar-refractivity contribution < 1.29 is 8.42 Å². The highest BCUT2D eigenvalue weighted by molar-refractivity contribution is 7.89. The quantitative estimate of drug-likeness (QED) is 0.791. The van der Waals surface area contributed by atoms with Gasteiger partial charge in [-0.3, -0.25) is 4.68 Å². The van der Waals surface area contributed by atoms with E-state index < -0.39 is 10.0 Å². The lowest BCUT2D eigenvalue weighted by Crippen LogP contribution is -2.33. The van der Waals surface area contributed by atoms with E-state index in [1.54, 1.807) is 15.2 Å². The van der Waals surface area contributed by atoms with Gasteiger partial charge in [-0.2, -0.15) is 9.40 Å². The first-order chi connectivity index (χ1) is 8.45. The van der Waals surface area contributed by atoms with Crippen molar-refractivity contribution in [1.82, 2.24) is 14.1 Å². The van der Waals surface area contributed by atoms with Crippen molar-refractivity contribution in [3.05, 3.63) is 12.4 Å². The Kier molecular flexibility index (Phi) is 3.99. The Labute approximate surface area is 113 Å². The molecule has 1 aromatic rings. The third-order valence-corrected chi connectivity index (χ3v) is 5.36. The zero-order valence-electron chi connectivity index (χ0n) is 10.6. The molecule has 18 heavy (non-hydrogen) atoms. The third kappa shape index (κ3) is 2.55. The molecular formula is C11H18ClN3O2S. The van der Waals surface area contributed by atoms with Gasteiger partial charge in [0.1, 0.15) is 4.90 Å². The monoisotopic (exact) mass is 291 g/mol. The SMILES string of the molecule is CC1CC(C)N(S(=O)(=O)c2cnn(CCCl)c2)C1. The summed E-state index contributed by atoms with van der Waals surface area (Å²) in [6.07, 6.45) is 3.86. The molecule has 2 heterocycles. The van der Waals surface area contributed by atoms with E-state index in [0.717, 1.165) is 6.42 Å². The summed E-state index contributed by atoms with van der Waals surface area (Å²) in [4.78, 5) is 0.258. The van der Waals surface area contributed by atoms with Crippen LogP contribution in [0.2, 0.25) is 0 Å². The maximum Gasteiger partial charge on any atom is 0.246 e. The Morgan fingerprint density at radius 3 is 2.78 bits per heavy atom. The van der Waals surface area contributed by atoms with Crippen LogP contribution in [0.15, 0.2) is 17.3 Å². The third-order valence-electron chi connectivity index (χ3n) is 3.26. The second kappa shape index (κ2) is 5.19. The number of sulfonamides is 1. The van der Waals surface area contributed by atoms with Crippen LogP contribution >= 0.6 is 11.6 Å². The van der Waals surface area contributed by atoms with Gasteiger partial charge >= 0.3 is 0 Å². The van der Waals surface area contributed by atoms with E-state index in [4.69, 9.17) is 11.6 Å². The average Bonchev–Trinajstić information content (AvgIpc) is 2.86. The van der Waals surface area contributed by atoms with E-state index >= 15 is 0 Å². The van der Waals surface area contributed by atoms with Gasteiger partial charge in [0, 0.05) is 24.7 Å². The number of halogens is 1. The average molecular weight is 292 g/mol. The number of hydrogen-bond acceptors (Lipinski definition) is 3.